The van der Waals surface area contributed by atoms with Crippen LogP contribution in [0.25, 0.3) is 0 Å². The summed E-state index contributed by atoms with van der Waals surface area (Å²) in [6.07, 6.45) is 4.22. The van der Waals surface area contributed by atoms with Gasteiger partial charge in [-0.25, -0.2) is 0 Å². The fraction of sp³-hybridized carbons (Fsp3) is 0.600. The van der Waals surface area contributed by atoms with Crippen molar-refractivity contribution in [3.63, 3.8) is 0 Å². The first kappa shape index (κ1) is 6.35. The standard InChI is InChI=1S/C5H9IN2/c1-5-2-3-8(6)4-7-5/h2-3,5,7H,4H2,1H3. The minimum atomic E-state index is 0.543. The van der Waals surface area contributed by atoms with Crippen molar-refractivity contribution >= 4 is 22.9 Å². The molecule has 46 valence electrons. The topological polar surface area (TPSA) is 15.3 Å². The van der Waals surface area contributed by atoms with Gasteiger partial charge in [0.05, 0.1) is 29.5 Å². The molecule has 1 N–H and O–H groups in total. The number of nitrogens with one attached hydrogen (secondary N) is 1. The summed E-state index contributed by atoms with van der Waals surface area (Å²) in [7, 11) is 0. The van der Waals surface area contributed by atoms with E-state index in [0.717, 1.165) is 6.67 Å². The van der Waals surface area contributed by atoms with Gasteiger partial charge < -0.3 is 3.11 Å². The molecule has 8 heavy (non-hydrogen) atoms. The fourth-order valence-electron chi connectivity index (χ4n) is 0.574. The van der Waals surface area contributed by atoms with Crippen LogP contribution in [-0.2, 0) is 0 Å². The van der Waals surface area contributed by atoms with Crippen LogP contribution in [0.1, 0.15) is 6.92 Å². The van der Waals surface area contributed by atoms with Gasteiger partial charge in [-0.3, -0.25) is 5.32 Å². The van der Waals surface area contributed by atoms with Gasteiger partial charge in [0.25, 0.3) is 0 Å². The molecule has 0 saturated heterocycles. The van der Waals surface area contributed by atoms with E-state index >= 15 is 0 Å². The number of hydrogen-bond acceptors (Lipinski definition) is 2. The van der Waals surface area contributed by atoms with E-state index in [1.54, 1.807) is 0 Å². The Kier molecular flexibility index (Phi) is 2.13. The molecular formula is C5H9IN2. The van der Waals surface area contributed by atoms with E-state index in [2.05, 4.69) is 50.5 Å². The van der Waals surface area contributed by atoms with E-state index in [4.69, 9.17) is 0 Å². The maximum Gasteiger partial charge on any atom is 0.0776 e. The van der Waals surface area contributed by atoms with Gasteiger partial charge in [-0.2, -0.15) is 0 Å². The van der Waals surface area contributed by atoms with Crippen molar-refractivity contribution in [3.8, 4) is 0 Å². The molecule has 1 aliphatic heterocycles. The van der Waals surface area contributed by atoms with Crippen molar-refractivity contribution in [2.24, 2.45) is 0 Å². The first-order valence-corrected chi connectivity index (χ1v) is 3.59. The smallest absolute Gasteiger partial charge is 0.0776 e. The third-order valence-electron chi connectivity index (χ3n) is 1.10. The van der Waals surface area contributed by atoms with Gasteiger partial charge in [0.1, 0.15) is 0 Å². The highest BCUT2D eigenvalue weighted by molar-refractivity contribution is 14.1. The summed E-state index contributed by atoms with van der Waals surface area (Å²) in [6.45, 7) is 3.10. The van der Waals surface area contributed by atoms with E-state index in [-0.39, 0.29) is 0 Å². The number of nitrogens with zero attached hydrogens (tertiary/aromatic N) is 1. The Hall–Kier alpha value is 0.230. The van der Waals surface area contributed by atoms with Gasteiger partial charge in [0, 0.05) is 12.2 Å². The molecule has 1 unspecified atom stereocenters. The predicted octanol–water partition coefficient (Wildman–Crippen LogP) is 1.10. The molecule has 0 aromatic carbocycles. The van der Waals surface area contributed by atoms with Gasteiger partial charge >= 0.3 is 0 Å². The molecule has 0 aromatic heterocycles. The van der Waals surface area contributed by atoms with Crippen molar-refractivity contribution < 1.29 is 0 Å². The van der Waals surface area contributed by atoms with E-state index in [0.29, 0.717) is 6.04 Å². The fourth-order valence-corrected chi connectivity index (χ4v) is 0.957. The van der Waals surface area contributed by atoms with Crippen LogP contribution in [0.2, 0.25) is 0 Å². The summed E-state index contributed by atoms with van der Waals surface area (Å²) in [4.78, 5) is 0. The first-order valence-electron chi connectivity index (χ1n) is 2.63. The normalized spacial score (nSPS) is 28.8. The molecule has 0 amide bonds. The van der Waals surface area contributed by atoms with Crippen LogP contribution in [0.5, 0.6) is 0 Å². The lowest BCUT2D eigenvalue weighted by molar-refractivity contribution is 0.491. The summed E-state index contributed by atoms with van der Waals surface area (Å²) in [5.74, 6) is 0. The van der Waals surface area contributed by atoms with Crippen LogP contribution in [0.3, 0.4) is 0 Å². The Morgan fingerprint density at radius 3 is 3.00 bits per heavy atom. The van der Waals surface area contributed by atoms with E-state index in [1.807, 2.05) is 0 Å². The Balaban J connectivity index is 2.42. The molecular weight excluding hydrogens is 215 g/mol. The summed E-state index contributed by atoms with van der Waals surface area (Å²) in [6, 6.07) is 0.543. The maximum atomic E-state index is 3.26. The third kappa shape index (κ3) is 1.63. The Morgan fingerprint density at radius 1 is 1.88 bits per heavy atom. The second-order valence-electron chi connectivity index (χ2n) is 1.89. The second-order valence-corrected chi connectivity index (χ2v) is 3.13. The second kappa shape index (κ2) is 2.68. The van der Waals surface area contributed by atoms with Crippen LogP contribution in [0, 0.1) is 0 Å². The lowest BCUT2D eigenvalue weighted by Crippen LogP contribution is -2.34. The van der Waals surface area contributed by atoms with Crippen LogP contribution in [0.4, 0.5) is 0 Å². The van der Waals surface area contributed by atoms with E-state index in [9.17, 15) is 0 Å². The zero-order valence-corrected chi connectivity index (χ0v) is 6.92. The number of halogens is 1. The average molecular weight is 224 g/mol. The molecule has 0 radical (unpaired) electrons. The molecule has 0 aromatic rings. The summed E-state index contributed by atoms with van der Waals surface area (Å²) in [5, 5.41) is 3.26. The lowest BCUT2D eigenvalue weighted by atomic mass is 10.3. The zero-order valence-electron chi connectivity index (χ0n) is 4.76. The highest BCUT2D eigenvalue weighted by Crippen LogP contribution is 2.03. The van der Waals surface area contributed by atoms with Crippen LogP contribution < -0.4 is 5.32 Å². The highest BCUT2D eigenvalue weighted by Gasteiger charge is 2.02. The molecule has 1 heterocycles. The summed E-state index contributed by atoms with van der Waals surface area (Å²) >= 11 is 2.25. The molecule has 0 fully saturated rings. The molecule has 0 spiro atoms. The number of hydrogen-bond donors (Lipinski definition) is 1. The van der Waals surface area contributed by atoms with Gasteiger partial charge in [-0.15, -0.1) is 0 Å². The number of rotatable bonds is 0. The summed E-state index contributed by atoms with van der Waals surface area (Å²) in [5.41, 5.74) is 0. The Morgan fingerprint density at radius 2 is 2.62 bits per heavy atom. The zero-order chi connectivity index (χ0) is 5.98. The molecule has 2 nitrogen and oxygen atoms in total. The highest BCUT2D eigenvalue weighted by atomic mass is 127. The molecule has 1 rings (SSSR count). The molecule has 3 heteroatoms. The molecule has 1 atom stereocenters. The van der Waals surface area contributed by atoms with Crippen molar-refractivity contribution in [2.75, 3.05) is 6.67 Å². The Labute approximate surface area is 63.4 Å². The largest absolute Gasteiger partial charge is 0.308 e. The third-order valence-corrected chi connectivity index (χ3v) is 1.76. The van der Waals surface area contributed by atoms with Crippen molar-refractivity contribution in [1.82, 2.24) is 8.43 Å². The van der Waals surface area contributed by atoms with Gasteiger partial charge in [0.15, 0.2) is 0 Å². The van der Waals surface area contributed by atoms with Crippen molar-refractivity contribution in [3.05, 3.63) is 12.3 Å². The van der Waals surface area contributed by atoms with Crippen LogP contribution >= 0.6 is 22.9 Å². The van der Waals surface area contributed by atoms with Crippen molar-refractivity contribution in [1.29, 1.82) is 0 Å². The molecule has 1 aliphatic rings. The molecule has 0 saturated carbocycles. The van der Waals surface area contributed by atoms with E-state index in [1.165, 1.54) is 0 Å². The van der Waals surface area contributed by atoms with Crippen LogP contribution in [-0.4, -0.2) is 15.8 Å². The van der Waals surface area contributed by atoms with Crippen molar-refractivity contribution in [2.45, 2.75) is 13.0 Å². The average Bonchev–Trinajstić information content (AvgIpc) is 1.77. The minimum Gasteiger partial charge on any atom is -0.308 e. The van der Waals surface area contributed by atoms with Gasteiger partial charge in [-0.05, 0) is 6.92 Å². The van der Waals surface area contributed by atoms with Crippen LogP contribution in [0.15, 0.2) is 12.3 Å². The SMILES string of the molecule is CC1C=CN(I)CN1. The first-order chi connectivity index (χ1) is 3.79. The van der Waals surface area contributed by atoms with E-state index < -0.39 is 0 Å². The predicted molar refractivity (Wildman–Crippen MR) is 42.5 cm³/mol. The quantitative estimate of drug-likeness (QED) is 0.489. The van der Waals surface area contributed by atoms with Gasteiger partial charge in [-0.1, -0.05) is 6.08 Å². The monoisotopic (exact) mass is 224 g/mol. The minimum absolute atomic E-state index is 0.543. The maximum absolute atomic E-state index is 3.26. The molecule has 0 aliphatic carbocycles. The summed E-state index contributed by atoms with van der Waals surface area (Å²) < 4.78 is 2.08. The molecule has 0 bridgehead atoms. The Bertz CT molecular complexity index is 90.6. The lowest BCUT2D eigenvalue weighted by Gasteiger charge is -2.20. The van der Waals surface area contributed by atoms with Gasteiger partial charge in [0.2, 0.25) is 0 Å².